The summed E-state index contributed by atoms with van der Waals surface area (Å²) in [6, 6.07) is 13.1. The van der Waals surface area contributed by atoms with Crippen LogP contribution in [-0.4, -0.2) is 13.2 Å². The summed E-state index contributed by atoms with van der Waals surface area (Å²) in [5, 5.41) is 0.700. The van der Waals surface area contributed by atoms with Crippen molar-refractivity contribution >= 4 is 11.6 Å². The Kier molecular flexibility index (Phi) is 3.32. The predicted molar refractivity (Wildman–Crippen MR) is 74.9 cm³/mol. The van der Waals surface area contributed by atoms with Gasteiger partial charge in [0.2, 0.25) is 0 Å². The lowest BCUT2D eigenvalue weighted by Gasteiger charge is -2.23. The van der Waals surface area contributed by atoms with Gasteiger partial charge in [-0.05, 0) is 23.8 Å². The predicted octanol–water partition coefficient (Wildman–Crippen LogP) is 3.16. The van der Waals surface area contributed by atoms with Crippen molar-refractivity contribution in [1.82, 2.24) is 0 Å². The average molecular weight is 276 g/mol. The molecule has 3 nitrogen and oxygen atoms in total. The van der Waals surface area contributed by atoms with Crippen LogP contribution < -0.4 is 15.2 Å². The second-order valence-electron chi connectivity index (χ2n) is 4.40. The maximum Gasteiger partial charge on any atom is 0.166 e. The molecule has 0 saturated carbocycles. The molecule has 0 aromatic heterocycles. The van der Waals surface area contributed by atoms with Gasteiger partial charge in [0.15, 0.2) is 11.5 Å². The molecule has 0 bridgehead atoms. The fraction of sp³-hybridized carbons (Fsp3) is 0.200. The minimum atomic E-state index is -0.256. The second kappa shape index (κ2) is 5.11. The average Bonchev–Trinajstić information content (AvgIpc) is 2.47. The van der Waals surface area contributed by atoms with Crippen molar-refractivity contribution in [2.75, 3.05) is 13.2 Å². The van der Waals surface area contributed by atoms with Gasteiger partial charge in [-0.1, -0.05) is 35.9 Å². The summed E-state index contributed by atoms with van der Waals surface area (Å²) in [6.45, 7) is 1.13. The van der Waals surface area contributed by atoms with E-state index in [4.69, 9.17) is 26.8 Å². The van der Waals surface area contributed by atoms with Crippen molar-refractivity contribution in [3.8, 4) is 11.5 Å². The van der Waals surface area contributed by atoms with Crippen LogP contribution >= 0.6 is 11.6 Å². The number of fused-ring (bicyclic) bond motifs is 1. The molecule has 0 saturated heterocycles. The van der Waals surface area contributed by atoms with E-state index in [1.807, 2.05) is 42.5 Å². The molecule has 1 unspecified atom stereocenters. The summed E-state index contributed by atoms with van der Waals surface area (Å²) in [7, 11) is 0. The summed E-state index contributed by atoms with van der Waals surface area (Å²) in [5.74, 6) is 1.50. The molecule has 1 heterocycles. The summed E-state index contributed by atoms with van der Waals surface area (Å²) in [5.41, 5.74) is 8.23. The first-order valence-corrected chi connectivity index (χ1v) is 6.53. The summed E-state index contributed by atoms with van der Waals surface area (Å²) < 4.78 is 11.3. The quantitative estimate of drug-likeness (QED) is 0.916. The Bertz CT molecular complexity index is 583. The van der Waals surface area contributed by atoms with E-state index >= 15 is 0 Å². The molecule has 2 aromatic carbocycles. The number of hydrogen-bond donors (Lipinski definition) is 1. The first kappa shape index (κ1) is 12.3. The largest absolute Gasteiger partial charge is 0.486 e. The second-order valence-corrected chi connectivity index (χ2v) is 4.84. The lowest BCUT2D eigenvalue weighted by atomic mass is 9.98. The van der Waals surface area contributed by atoms with Gasteiger partial charge in [-0.25, -0.2) is 0 Å². The number of para-hydroxylation sites is 1. The molecule has 0 amide bonds. The molecule has 2 aromatic rings. The van der Waals surface area contributed by atoms with Gasteiger partial charge in [-0.2, -0.15) is 0 Å². The number of hydrogen-bond acceptors (Lipinski definition) is 3. The number of nitrogens with two attached hydrogens (primary N) is 1. The van der Waals surface area contributed by atoms with Gasteiger partial charge in [0.05, 0.1) is 6.04 Å². The smallest absolute Gasteiger partial charge is 0.166 e. The Labute approximate surface area is 116 Å². The Morgan fingerprint density at radius 3 is 2.53 bits per heavy atom. The van der Waals surface area contributed by atoms with Gasteiger partial charge in [-0.15, -0.1) is 0 Å². The van der Waals surface area contributed by atoms with E-state index in [0.29, 0.717) is 18.2 Å². The fourth-order valence-electron chi connectivity index (χ4n) is 2.19. The third kappa shape index (κ3) is 2.39. The topological polar surface area (TPSA) is 44.5 Å². The van der Waals surface area contributed by atoms with E-state index in [1.165, 1.54) is 0 Å². The molecule has 4 heteroatoms. The minimum Gasteiger partial charge on any atom is -0.486 e. The molecular weight excluding hydrogens is 262 g/mol. The highest BCUT2D eigenvalue weighted by molar-refractivity contribution is 6.30. The Morgan fingerprint density at radius 2 is 1.74 bits per heavy atom. The zero-order valence-electron chi connectivity index (χ0n) is 10.3. The molecule has 1 aliphatic heterocycles. The SMILES string of the molecule is NC(c1ccc(Cl)cc1)c1cccc2c1OCCO2. The van der Waals surface area contributed by atoms with Crippen molar-refractivity contribution in [1.29, 1.82) is 0 Å². The summed E-state index contributed by atoms with van der Waals surface area (Å²) in [6.07, 6.45) is 0. The maximum atomic E-state index is 6.31. The van der Waals surface area contributed by atoms with E-state index in [2.05, 4.69) is 0 Å². The molecule has 0 radical (unpaired) electrons. The van der Waals surface area contributed by atoms with Crippen LogP contribution in [0.3, 0.4) is 0 Å². The monoisotopic (exact) mass is 275 g/mol. The van der Waals surface area contributed by atoms with Crippen molar-refractivity contribution in [3.63, 3.8) is 0 Å². The van der Waals surface area contributed by atoms with Crippen LogP contribution in [0.5, 0.6) is 11.5 Å². The number of halogens is 1. The van der Waals surface area contributed by atoms with Gasteiger partial charge in [-0.3, -0.25) is 0 Å². The van der Waals surface area contributed by atoms with Gasteiger partial charge < -0.3 is 15.2 Å². The molecule has 3 rings (SSSR count). The molecule has 2 N–H and O–H groups in total. The van der Waals surface area contributed by atoms with Gasteiger partial charge in [0.25, 0.3) is 0 Å². The summed E-state index contributed by atoms with van der Waals surface area (Å²) in [4.78, 5) is 0. The third-order valence-electron chi connectivity index (χ3n) is 3.16. The zero-order chi connectivity index (χ0) is 13.2. The van der Waals surface area contributed by atoms with Gasteiger partial charge in [0.1, 0.15) is 13.2 Å². The first-order valence-electron chi connectivity index (χ1n) is 6.15. The summed E-state index contributed by atoms with van der Waals surface area (Å²) >= 11 is 5.89. The van der Waals surface area contributed by atoms with E-state index in [-0.39, 0.29) is 6.04 Å². The highest BCUT2D eigenvalue weighted by Gasteiger charge is 2.20. The van der Waals surface area contributed by atoms with Crippen LogP contribution in [0.25, 0.3) is 0 Å². The number of ether oxygens (including phenoxy) is 2. The highest BCUT2D eigenvalue weighted by Crippen LogP contribution is 2.38. The van der Waals surface area contributed by atoms with E-state index < -0.39 is 0 Å². The van der Waals surface area contributed by atoms with E-state index in [0.717, 1.165) is 22.6 Å². The fourth-order valence-corrected chi connectivity index (χ4v) is 2.32. The van der Waals surface area contributed by atoms with Crippen LogP contribution in [0.4, 0.5) is 0 Å². The molecule has 98 valence electrons. The van der Waals surface area contributed by atoms with Gasteiger partial charge in [0, 0.05) is 10.6 Å². The molecule has 0 fully saturated rings. The van der Waals surface area contributed by atoms with Crippen LogP contribution in [0.15, 0.2) is 42.5 Å². The molecular formula is C15H14ClNO2. The Morgan fingerprint density at radius 1 is 1.00 bits per heavy atom. The lowest BCUT2D eigenvalue weighted by molar-refractivity contribution is 0.169. The molecule has 19 heavy (non-hydrogen) atoms. The molecule has 1 aliphatic rings. The normalized spacial score (nSPS) is 15.1. The molecule has 0 aliphatic carbocycles. The number of benzene rings is 2. The van der Waals surface area contributed by atoms with Gasteiger partial charge >= 0.3 is 0 Å². The standard InChI is InChI=1S/C15H14ClNO2/c16-11-6-4-10(5-7-11)14(17)12-2-1-3-13-15(12)19-9-8-18-13/h1-7,14H,8-9,17H2. The van der Waals surface area contributed by atoms with Crippen molar-refractivity contribution in [3.05, 3.63) is 58.6 Å². The molecule has 0 spiro atoms. The Hall–Kier alpha value is -1.71. The van der Waals surface area contributed by atoms with Crippen molar-refractivity contribution < 1.29 is 9.47 Å². The third-order valence-corrected chi connectivity index (χ3v) is 3.41. The van der Waals surface area contributed by atoms with Crippen molar-refractivity contribution in [2.24, 2.45) is 5.73 Å². The van der Waals surface area contributed by atoms with Crippen LogP contribution in [0.1, 0.15) is 17.2 Å². The maximum absolute atomic E-state index is 6.31. The number of rotatable bonds is 2. The zero-order valence-corrected chi connectivity index (χ0v) is 11.1. The van der Waals surface area contributed by atoms with E-state index in [1.54, 1.807) is 0 Å². The highest BCUT2D eigenvalue weighted by atomic mass is 35.5. The Balaban J connectivity index is 1.99. The van der Waals surface area contributed by atoms with Crippen LogP contribution in [0.2, 0.25) is 5.02 Å². The minimum absolute atomic E-state index is 0.256. The van der Waals surface area contributed by atoms with Crippen LogP contribution in [0, 0.1) is 0 Å². The molecule has 1 atom stereocenters. The first-order chi connectivity index (χ1) is 9.25. The lowest BCUT2D eigenvalue weighted by Crippen LogP contribution is -2.20. The van der Waals surface area contributed by atoms with Crippen LogP contribution in [-0.2, 0) is 0 Å². The van der Waals surface area contributed by atoms with Crippen molar-refractivity contribution in [2.45, 2.75) is 6.04 Å². The van der Waals surface area contributed by atoms with E-state index in [9.17, 15) is 0 Å².